The van der Waals surface area contributed by atoms with Gasteiger partial charge in [0.25, 0.3) is 0 Å². The molecule has 11 heteroatoms. The Bertz CT molecular complexity index is 1520. The van der Waals surface area contributed by atoms with E-state index in [9.17, 15) is 26.3 Å². The number of rotatable bonds is 3. The van der Waals surface area contributed by atoms with E-state index in [4.69, 9.17) is 0 Å². The number of nitrogens with one attached hydrogen (secondary N) is 1. The number of amidine groups is 1. The van der Waals surface area contributed by atoms with Crippen LogP contribution in [0, 0.1) is 0 Å². The van der Waals surface area contributed by atoms with Crippen molar-refractivity contribution in [1.29, 1.82) is 0 Å². The minimum atomic E-state index is -4.63. The number of hydrazone groups is 1. The van der Waals surface area contributed by atoms with Gasteiger partial charge < -0.3 is 0 Å². The van der Waals surface area contributed by atoms with Gasteiger partial charge in [-0.05, 0) is 24.3 Å². The van der Waals surface area contributed by atoms with Gasteiger partial charge in [-0.15, -0.1) is 0 Å². The Hall–Kier alpha value is -4.28. The monoisotopic (exact) mass is 499 g/mol. The minimum absolute atomic E-state index is 0.0557. The molecular formula is C25H15F6N5. The van der Waals surface area contributed by atoms with E-state index in [2.05, 4.69) is 25.5 Å². The highest BCUT2D eigenvalue weighted by Gasteiger charge is 2.36. The topological polar surface area (TPSA) is 62.5 Å². The van der Waals surface area contributed by atoms with Crippen LogP contribution in [0.25, 0.3) is 22.3 Å². The number of hydrogen-bond acceptors (Lipinski definition) is 4. The van der Waals surface area contributed by atoms with E-state index >= 15 is 0 Å². The molecule has 0 spiro atoms. The van der Waals surface area contributed by atoms with Crippen molar-refractivity contribution in [3.05, 3.63) is 89.5 Å². The molecule has 2 heterocycles. The highest BCUT2D eigenvalue weighted by atomic mass is 19.4. The van der Waals surface area contributed by atoms with Gasteiger partial charge in [-0.1, -0.05) is 48.5 Å². The predicted molar refractivity (Wildman–Crippen MR) is 123 cm³/mol. The third-order valence-electron chi connectivity index (χ3n) is 5.50. The second-order valence-electron chi connectivity index (χ2n) is 7.88. The molecule has 0 radical (unpaired) electrons. The maximum Gasteiger partial charge on any atom is 0.417 e. The van der Waals surface area contributed by atoms with Gasteiger partial charge in [0, 0.05) is 16.5 Å². The van der Waals surface area contributed by atoms with Crippen molar-refractivity contribution >= 4 is 28.3 Å². The summed E-state index contributed by atoms with van der Waals surface area (Å²) in [5.41, 5.74) is 1.08. The SMILES string of the molecule is FC(F)(F)c1ccccc1C1=NNC(=Nc2nc(-c3ccccc3C(F)(F)F)nc3ccccc23)C1. The Balaban J connectivity index is 1.57. The molecule has 1 N–H and O–H groups in total. The van der Waals surface area contributed by atoms with Gasteiger partial charge in [0.05, 0.1) is 28.8 Å². The molecule has 0 saturated carbocycles. The lowest BCUT2D eigenvalue weighted by Gasteiger charge is -2.13. The summed E-state index contributed by atoms with van der Waals surface area (Å²) in [7, 11) is 0. The normalized spacial score (nSPS) is 15.3. The molecule has 1 aromatic heterocycles. The second kappa shape index (κ2) is 8.74. The van der Waals surface area contributed by atoms with Gasteiger partial charge in [0.1, 0.15) is 5.84 Å². The highest BCUT2D eigenvalue weighted by molar-refractivity contribution is 6.16. The van der Waals surface area contributed by atoms with Crippen molar-refractivity contribution in [2.24, 2.45) is 10.1 Å². The molecule has 0 aliphatic carbocycles. The largest absolute Gasteiger partial charge is 0.417 e. The summed E-state index contributed by atoms with van der Waals surface area (Å²) in [6.45, 7) is 0. The zero-order valence-corrected chi connectivity index (χ0v) is 18.2. The number of aliphatic imine (C=N–C) groups is 1. The van der Waals surface area contributed by atoms with Crippen LogP contribution in [0.2, 0.25) is 0 Å². The lowest BCUT2D eigenvalue weighted by molar-refractivity contribution is -0.138. The summed E-state index contributed by atoms with van der Waals surface area (Å²) in [5.74, 6) is 0.0825. The first-order valence-electron chi connectivity index (χ1n) is 10.6. The number of alkyl halides is 6. The number of aromatic nitrogens is 2. The molecular weight excluding hydrogens is 484 g/mol. The van der Waals surface area contributed by atoms with Crippen molar-refractivity contribution < 1.29 is 26.3 Å². The second-order valence-corrected chi connectivity index (χ2v) is 7.88. The molecule has 0 saturated heterocycles. The van der Waals surface area contributed by atoms with Gasteiger partial charge in [0.15, 0.2) is 11.6 Å². The van der Waals surface area contributed by atoms with Crippen LogP contribution in [-0.4, -0.2) is 21.5 Å². The summed E-state index contributed by atoms with van der Waals surface area (Å²) in [6.07, 6.45) is -9.25. The van der Waals surface area contributed by atoms with Gasteiger partial charge in [-0.25, -0.2) is 15.0 Å². The number of para-hydroxylation sites is 1. The number of halogens is 6. The van der Waals surface area contributed by atoms with Crippen molar-refractivity contribution in [2.75, 3.05) is 0 Å². The fraction of sp³-hybridized carbons (Fsp3) is 0.120. The Morgan fingerprint density at radius 1 is 0.694 bits per heavy atom. The molecule has 0 amide bonds. The van der Waals surface area contributed by atoms with E-state index in [1.807, 2.05) is 0 Å². The van der Waals surface area contributed by atoms with E-state index in [-0.39, 0.29) is 40.7 Å². The Kier molecular flexibility index (Phi) is 5.70. The lowest BCUT2D eigenvalue weighted by atomic mass is 10.0. The molecule has 182 valence electrons. The summed E-state index contributed by atoms with van der Waals surface area (Å²) in [5, 5.41) is 4.47. The van der Waals surface area contributed by atoms with Crippen LogP contribution in [0.1, 0.15) is 23.1 Å². The molecule has 0 atom stereocenters. The van der Waals surface area contributed by atoms with Crippen molar-refractivity contribution in [2.45, 2.75) is 18.8 Å². The molecule has 1 aliphatic rings. The zero-order valence-electron chi connectivity index (χ0n) is 18.2. The van der Waals surface area contributed by atoms with E-state index in [0.717, 1.165) is 12.1 Å². The first kappa shape index (κ1) is 23.5. The average Bonchev–Trinajstić information content (AvgIpc) is 3.31. The molecule has 1 aliphatic heterocycles. The third kappa shape index (κ3) is 4.51. The van der Waals surface area contributed by atoms with Gasteiger partial charge in [-0.3, -0.25) is 5.43 Å². The number of hydrogen-bond donors (Lipinski definition) is 1. The molecule has 4 aromatic rings. The van der Waals surface area contributed by atoms with Crippen LogP contribution < -0.4 is 5.43 Å². The van der Waals surface area contributed by atoms with Gasteiger partial charge >= 0.3 is 12.4 Å². The zero-order chi connectivity index (χ0) is 25.5. The van der Waals surface area contributed by atoms with Crippen LogP contribution in [0.5, 0.6) is 0 Å². The van der Waals surface area contributed by atoms with Crippen LogP contribution >= 0.6 is 0 Å². The number of fused-ring (bicyclic) bond motifs is 1. The van der Waals surface area contributed by atoms with E-state index in [1.165, 1.54) is 36.4 Å². The summed E-state index contributed by atoms with van der Waals surface area (Å²) >= 11 is 0. The maximum atomic E-state index is 13.6. The fourth-order valence-corrected chi connectivity index (χ4v) is 3.89. The molecule has 5 nitrogen and oxygen atoms in total. The Labute approximate surface area is 200 Å². The van der Waals surface area contributed by atoms with Crippen molar-refractivity contribution in [1.82, 2.24) is 15.4 Å². The van der Waals surface area contributed by atoms with Crippen LogP contribution in [0.4, 0.5) is 32.2 Å². The standard InChI is InChI=1S/C25H15F6N5/c26-24(27,28)17-10-4-1-7-14(17)20-13-21(36-35-20)33-23-16-9-3-6-12-19(16)32-22(34-23)15-8-2-5-11-18(15)25(29,30)31/h1-12H,13H2,(H,32,33,34,36). The van der Waals surface area contributed by atoms with E-state index in [1.54, 1.807) is 24.3 Å². The molecule has 0 fully saturated rings. The number of benzene rings is 3. The van der Waals surface area contributed by atoms with E-state index < -0.39 is 23.5 Å². The fourth-order valence-electron chi connectivity index (χ4n) is 3.89. The Morgan fingerprint density at radius 3 is 1.97 bits per heavy atom. The lowest BCUT2D eigenvalue weighted by Crippen LogP contribution is -2.14. The van der Waals surface area contributed by atoms with E-state index in [0.29, 0.717) is 10.9 Å². The van der Waals surface area contributed by atoms with Crippen molar-refractivity contribution in [3.63, 3.8) is 0 Å². The number of nitrogens with zero attached hydrogens (tertiary/aromatic N) is 4. The molecule has 36 heavy (non-hydrogen) atoms. The Morgan fingerprint density at radius 2 is 1.28 bits per heavy atom. The van der Waals surface area contributed by atoms with Crippen LogP contribution in [0.15, 0.2) is 82.9 Å². The summed E-state index contributed by atoms with van der Waals surface area (Å²) < 4.78 is 81.1. The summed E-state index contributed by atoms with van der Waals surface area (Å²) in [4.78, 5) is 13.0. The molecule has 0 unspecified atom stereocenters. The highest BCUT2D eigenvalue weighted by Crippen LogP contribution is 2.37. The smallest absolute Gasteiger partial charge is 0.264 e. The summed E-state index contributed by atoms with van der Waals surface area (Å²) in [6, 6.07) is 16.6. The molecule has 5 rings (SSSR count). The first-order valence-corrected chi connectivity index (χ1v) is 10.6. The first-order chi connectivity index (χ1) is 17.1. The van der Waals surface area contributed by atoms with Crippen molar-refractivity contribution in [3.8, 4) is 11.4 Å². The third-order valence-corrected chi connectivity index (χ3v) is 5.50. The maximum absolute atomic E-state index is 13.6. The van der Waals surface area contributed by atoms with Crippen LogP contribution in [-0.2, 0) is 12.4 Å². The van der Waals surface area contributed by atoms with Gasteiger partial charge in [0.2, 0.25) is 0 Å². The minimum Gasteiger partial charge on any atom is -0.264 e. The van der Waals surface area contributed by atoms with Gasteiger partial charge in [-0.2, -0.15) is 31.4 Å². The predicted octanol–water partition coefficient (Wildman–Crippen LogP) is 6.76. The molecule has 0 bridgehead atoms. The van der Waals surface area contributed by atoms with Crippen LogP contribution in [0.3, 0.4) is 0 Å². The average molecular weight is 499 g/mol. The quantitative estimate of drug-likeness (QED) is 0.317. The molecule has 3 aromatic carbocycles.